The van der Waals surface area contributed by atoms with E-state index in [4.69, 9.17) is 20.1 Å². The molecule has 0 spiro atoms. The molecule has 0 bridgehead atoms. The highest BCUT2D eigenvalue weighted by molar-refractivity contribution is 7.80. The molecule has 170 valence electrons. The van der Waals surface area contributed by atoms with Crippen molar-refractivity contribution in [1.82, 2.24) is 5.32 Å². The minimum atomic E-state index is -5.07. The molecule has 0 aromatic carbocycles. The third kappa shape index (κ3) is 8.45. The fraction of sp³-hybridized carbons (Fsp3) is 0.857. The summed E-state index contributed by atoms with van der Waals surface area (Å²) in [4.78, 5) is 21.0. The van der Waals surface area contributed by atoms with Gasteiger partial charge in [-0.15, -0.1) is 0 Å². The highest BCUT2D eigenvalue weighted by atomic mass is 32.3. The van der Waals surface area contributed by atoms with Crippen LogP contribution in [0.5, 0.6) is 0 Å². The number of nitrogens with one attached hydrogen (secondary N) is 1. The Morgan fingerprint density at radius 1 is 1.17 bits per heavy atom. The largest absolute Gasteiger partial charge is 0.726 e. The maximum absolute atomic E-state index is 10.9. The van der Waals surface area contributed by atoms with Gasteiger partial charge in [0.2, 0.25) is 16.3 Å². The molecule has 2 fully saturated rings. The fourth-order valence-corrected chi connectivity index (χ4v) is 3.11. The van der Waals surface area contributed by atoms with E-state index in [0.717, 1.165) is 0 Å². The highest BCUT2D eigenvalue weighted by Crippen LogP contribution is 2.20. The summed E-state index contributed by atoms with van der Waals surface area (Å²) in [5.74, 6) is -1.82. The van der Waals surface area contributed by atoms with Gasteiger partial charge < -0.3 is 49.7 Å². The zero-order valence-corrected chi connectivity index (χ0v) is 16.1. The van der Waals surface area contributed by atoms with Crippen molar-refractivity contribution in [3.63, 3.8) is 0 Å². The molecule has 2 aliphatic rings. The lowest BCUT2D eigenvalue weighted by atomic mass is 9.98. The first kappa shape index (κ1) is 25.6. The van der Waals surface area contributed by atoms with Gasteiger partial charge in [-0.2, -0.15) is 0 Å². The summed E-state index contributed by atoms with van der Waals surface area (Å²) >= 11 is 0. The standard InChI is InChI=1S/C8H15NO8S.C6H10O5/c1-4(11)9-5-3-16-6(2-10)8(7(5)12)17-18(13,14)15;7-3-1-5(6(9)10)11-2-4(3)8/h5-8,10,12H,2-3H2,1H3,(H,9,11)(H,13,14,15);3-5,7-8H,1-2H2,(H,9,10)/p-2/t5?,6?,7-,8+;3-,4?,5?/m01/s1. The van der Waals surface area contributed by atoms with Crippen molar-refractivity contribution in [3.8, 4) is 0 Å². The zero-order chi connectivity index (χ0) is 22.4. The molecular formula is C14H23NO13S-2. The van der Waals surface area contributed by atoms with E-state index in [0.29, 0.717) is 0 Å². The number of carbonyl (C=O) groups excluding carboxylic acids is 2. The average Bonchev–Trinajstić information content (AvgIpc) is 2.60. The predicted molar refractivity (Wildman–Crippen MR) is 86.4 cm³/mol. The Morgan fingerprint density at radius 2 is 1.79 bits per heavy atom. The van der Waals surface area contributed by atoms with Crippen molar-refractivity contribution in [1.29, 1.82) is 0 Å². The molecule has 1 amide bonds. The van der Waals surface area contributed by atoms with Crippen molar-refractivity contribution in [2.24, 2.45) is 0 Å². The van der Waals surface area contributed by atoms with E-state index >= 15 is 0 Å². The lowest BCUT2D eigenvalue weighted by Gasteiger charge is -2.39. The van der Waals surface area contributed by atoms with Crippen LogP contribution in [0.2, 0.25) is 0 Å². The third-order valence-corrected chi connectivity index (χ3v) is 4.49. The number of aliphatic hydroxyl groups is 4. The van der Waals surface area contributed by atoms with Crippen LogP contribution in [0.15, 0.2) is 0 Å². The van der Waals surface area contributed by atoms with Gasteiger partial charge in [-0.1, -0.05) is 0 Å². The van der Waals surface area contributed by atoms with E-state index in [2.05, 4.69) is 14.2 Å². The number of hydrogen-bond donors (Lipinski definition) is 5. The van der Waals surface area contributed by atoms with Crippen molar-refractivity contribution in [2.75, 3.05) is 19.8 Å². The number of amides is 1. The van der Waals surface area contributed by atoms with Crippen molar-refractivity contribution in [3.05, 3.63) is 0 Å². The van der Waals surface area contributed by atoms with Crippen LogP contribution in [-0.4, -0.2) is 108 Å². The Hall–Kier alpha value is -1.43. The van der Waals surface area contributed by atoms with Crippen LogP contribution in [-0.2, 0) is 33.6 Å². The summed E-state index contributed by atoms with van der Waals surface area (Å²) in [6.45, 7) is 0.277. The second-order valence-electron chi connectivity index (χ2n) is 6.33. The first-order chi connectivity index (χ1) is 13.4. The smallest absolute Gasteiger partial charge is 0.218 e. The number of carboxylic acid groups (broad SMARTS) is 1. The molecular weight excluding hydrogens is 422 g/mol. The normalized spacial score (nSPS) is 35.2. The molecule has 2 saturated heterocycles. The summed E-state index contributed by atoms with van der Waals surface area (Å²) in [5, 5.41) is 49.1. The van der Waals surface area contributed by atoms with Crippen LogP contribution in [0.1, 0.15) is 13.3 Å². The van der Waals surface area contributed by atoms with E-state index in [1.54, 1.807) is 0 Å². The molecule has 0 saturated carbocycles. The second kappa shape index (κ2) is 11.1. The van der Waals surface area contributed by atoms with Gasteiger partial charge in [-0.25, -0.2) is 8.42 Å². The van der Waals surface area contributed by atoms with Gasteiger partial charge >= 0.3 is 0 Å². The van der Waals surface area contributed by atoms with Crippen LogP contribution in [0.4, 0.5) is 0 Å². The molecule has 2 rings (SSSR count). The summed E-state index contributed by atoms with van der Waals surface area (Å²) in [5.41, 5.74) is 0. The quantitative estimate of drug-likeness (QED) is 0.196. The van der Waals surface area contributed by atoms with Gasteiger partial charge in [-0.3, -0.25) is 8.98 Å². The number of carbonyl (C=O) groups is 2. The van der Waals surface area contributed by atoms with Crippen LogP contribution in [0.25, 0.3) is 0 Å². The number of rotatable bonds is 5. The van der Waals surface area contributed by atoms with Gasteiger partial charge in [0.1, 0.15) is 24.4 Å². The first-order valence-corrected chi connectivity index (χ1v) is 9.69. The summed E-state index contributed by atoms with van der Waals surface area (Å²) in [7, 11) is -5.07. The van der Waals surface area contributed by atoms with Crippen LogP contribution in [0.3, 0.4) is 0 Å². The fourth-order valence-electron chi connectivity index (χ4n) is 2.60. The van der Waals surface area contributed by atoms with Crippen LogP contribution < -0.4 is 10.4 Å². The molecule has 2 heterocycles. The minimum absolute atomic E-state index is 0.108. The third-order valence-electron chi connectivity index (χ3n) is 4.03. The summed E-state index contributed by atoms with van der Waals surface area (Å²) in [6, 6.07) is -0.919. The van der Waals surface area contributed by atoms with Crippen LogP contribution in [0, 0.1) is 0 Å². The number of hydrogen-bond acceptors (Lipinski definition) is 13. The molecule has 0 aromatic rings. The minimum Gasteiger partial charge on any atom is -0.726 e. The Balaban J connectivity index is 0.000000326. The molecule has 29 heavy (non-hydrogen) atoms. The molecule has 15 heteroatoms. The molecule has 5 N–H and O–H groups in total. The summed E-state index contributed by atoms with van der Waals surface area (Å²) < 4.78 is 45.4. The molecule has 4 unspecified atom stereocenters. The van der Waals surface area contributed by atoms with Gasteiger partial charge in [-0.05, 0) is 0 Å². The molecule has 7 atom stereocenters. The Kier molecular flexibility index (Phi) is 9.80. The number of aliphatic hydroxyl groups excluding tert-OH is 4. The molecule has 2 aliphatic heterocycles. The second-order valence-corrected chi connectivity index (χ2v) is 7.34. The number of carboxylic acids is 1. The van der Waals surface area contributed by atoms with Crippen molar-refractivity contribution >= 4 is 22.3 Å². The maximum Gasteiger partial charge on any atom is 0.218 e. The number of aliphatic carboxylic acids is 1. The summed E-state index contributed by atoms with van der Waals surface area (Å²) in [6.07, 6.45) is -7.41. The monoisotopic (exact) mass is 445 g/mol. The molecule has 14 nitrogen and oxygen atoms in total. The Morgan fingerprint density at radius 3 is 2.24 bits per heavy atom. The van der Waals surface area contributed by atoms with E-state index in [1.807, 2.05) is 0 Å². The number of ether oxygens (including phenoxy) is 2. The van der Waals surface area contributed by atoms with Crippen molar-refractivity contribution in [2.45, 2.75) is 56.0 Å². The van der Waals surface area contributed by atoms with Gasteiger partial charge in [0.05, 0.1) is 44.0 Å². The van der Waals surface area contributed by atoms with Crippen molar-refractivity contribution < 1.29 is 61.7 Å². The highest BCUT2D eigenvalue weighted by Gasteiger charge is 2.41. The van der Waals surface area contributed by atoms with E-state index in [1.165, 1.54) is 6.92 Å². The van der Waals surface area contributed by atoms with Gasteiger partial charge in [0.15, 0.2) is 0 Å². The Labute approximate surface area is 166 Å². The Bertz CT molecular complexity index is 656. The zero-order valence-electron chi connectivity index (χ0n) is 15.2. The molecule has 0 aliphatic carbocycles. The van der Waals surface area contributed by atoms with Crippen LogP contribution >= 0.6 is 0 Å². The first-order valence-electron chi connectivity index (χ1n) is 8.36. The lowest BCUT2D eigenvalue weighted by Crippen LogP contribution is -2.60. The molecule has 0 aromatic heterocycles. The van der Waals surface area contributed by atoms with E-state index < -0.39 is 71.5 Å². The van der Waals surface area contributed by atoms with E-state index in [-0.39, 0.29) is 19.6 Å². The lowest BCUT2D eigenvalue weighted by molar-refractivity contribution is -0.321. The van der Waals surface area contributed by atoms with Gasteiger partial charge in [0, 0.05) is 13.3 Å². The van der Waals surface area contributed by atoms with Gasteiger partial charge in [0.25, 0.3) is 0 Å². The average molecular weight is 445 g/mol. The maximum atomic E-state index is 10.9. The SMILES string of the molecule is CC(=O)NC1COC(CO)[C@@H](OS(=O)(=O)[O-])[C@H]1O.O=C([O-])C1C[C@@H](O)C(O)CO1. The molecule has 0 radical (unpaired) electrons. The van der Waals surface area contributed by atoms with E-state index in [9.17, 15) is 32.8 Å². The predicted octanol–water partition coefficient (Wildman–Crippen LogP) is -5.66. The topological polar surface area (TPSA) is 235 Å².